The van der Waals surface area contributed by atoms with Crippen LogP contribution < -0.4 is 42.4 Å². The second kappa shape index (κ2) is 24.5. The smallest absolute Gasteiger partial charge is 0.312 e. The van der Waals surface area contributed by atoms with E-state index in [0.29, 0.717) is 50.9 Å². The number of amides is 9. The third kappa shape index (κ3) is 19.0. The average molecular weight is 845 g/mol. The van der Waals surface area contributed by atoms with Crippen molar-refractivity contribution in [2.45, 2.75) is 111 Å². The monoisotopic (exact) mass is 844 g/mol. The molecule has 1 aromatic rings. The van der Waals surface area contributed by atoms with E-state index in [1.165, 1.54) is 37.3 Å². The summed E-state index contributed by atoms with van der Waals surface area (Å²) in [6.07, 6.45) is 4.71. The average Bonchev–Trinajstić information content (AvgIpc) is 3.49. The standard InChI is InChI=1S/C41H64N8O11/c1-26(2)36(46-27(3)51)38(57)48-30(10-8-18-44-39(42)58)37(56)47-29-12-11-28(23-50)31(22-29)59-24-33(53)43-19-9-16-41(6,7)60-21-17-40(4,5)25-45-32(52)15-20-49-34(54)13-14-35(49)55/h11-14,22,26,30,36,50H,8-10,15-21,23-25H2,1-7H3,(H,43,53)(H,45,52)(H,46,51)(H,47,56)(H,48,57)(H3,42,44,58)/t30-,36?/m0/s1. The lowest BCUT2D eigenvalue weighted by molar-refractivity contribution is -0.137. The van der Waals surface area contributed by atoms with Crippen LogP contribution in [-0.2, 0) is 44.9 Å². The lowest BCUT2D eigenvalue weighted by Gasteiger charge is -2.30. The van der Waals surface area contributed by atoms with Crippen LogP contribution in [-0.4, -0.2) is 114 Å². The molecule has 1 aromatic carbocycles. The number of benzene rings is 1. The fourth-order valence-corrected chi connectivity index (χ4v) is 5.92. The molecular weight excluding hydrogens is 780 g/mol. The summed E-state index contributed by atoms with van der Waals surface area (Å²) in [4.78, 5) is 98.8. The third-order valence-corrected chi connectivity index (χ3v) is 9.55. The molecule has 9 N–H and O–H groups in total. The molecule has 0 bridgehead atoms. The van der Waals surface area contributed by atoms with Crippen molar-refractivity contribution < 1.29 is 52.9 Å². The van der Waals surface area contributed by atoms with Crippen LogP contribution in [0.25, 0.3) is 0 Å². The van der Waals surface area contributed by atoms with Gasteiger partial charge in [0.2, 0.25) is 23.6 Å². The second-order valence-corrected chi connectivity index (χ2v) is 16.3. The topological polar surface area (TPSA) is 277 Å². The van der Waals surface area contributed by atoms with Crippen LogP contribution in [0.2, 0.25) is 0 Å². The third-order valence-electron chi connectivity index (χ3n) is 9.55. The first kappa shape index (κ1) is 50.6. The summed E-state index contributed by atoms with van der Waals surface area (Å²) in [6, 6.07) is 1.83. The summed E-state index contributed by atoms with van der Waals surface area (Å²) in [5, 5.41) is 26.0. The summed E-state index contributed by atoms with van der Waals surface area (Å²) in [7, 11) is 0. The van der Waals surface area contributed by atoms with Gasteiger partial charge in [-0.2, -0.15) is 0 Å². The van der Waals surface area contributed by atoms with Gasteiger partial charge in [0.1, 0.15) is 17.8 Å². The maximum Gasteiger partial charge on any atom is 0.312 e. The first-order valence-electron chi connectivity index (χ1n) is 20.1. The molecule has 1 unspecified atom stereocenters. The molecule has 0 aliphatic carbocycles. The van der Waals surface area contributed by atoms with Gasteiger partial charge in [-0.1, -0.05) is 33.8 Å². The number of nitrogens with one attached hydrogen (secondary N) is 6. The molecule has 1 heterocycles. The van der Waals surface area contributed by atoms with Gasteiger partial charge in [0.15, 0.2) is 6.61 Å². The molecule has 0 fully saturated rings. The maximum absolute atomic E-state index is 13.4. The van der Waals surface area contributed by atoms with Crippen molar-refractivity contribution >= 4 is 53.1 Å². The van der Waals surface area contributed by atoms with E-state index in [2.05, 4.69) is 31.9 Å². The van der Waals surface area contributed by atoms with Crippen LogP contribution in [0.5, 0.6) is 5.75 Å². The molecule has 1 aliphatic heterocycles. The zero-order chi connectivity index (χ0) is 45.0. The predicted molar refractivity (Wildman–Crippen MR) is 222 cm³/mol. The number of nitrogens with zero attached hydrogens (tertiary/aromatic N) is 1. The van der Waals surface area contributed by atoms with Gasteiger partial charge < -0.3 is 52.2 Å². The quantitative estimate of drug-likeness (QED) is 0.0459. The molecule has 2 rings (SSSR count). The number of carbonyl (C=O) groups excluding carboxylic acids is 8. The van der Waals surface area contributed by atoms with Crippen molar-refractivity contribution in [3.8, 4) is 5.75 Å². The lowest BCUT2D eigenvalue weighted by Crippen LogP contribution is -2.54. The van der Waals surface area contributed by atoms with E-state index in [-0.39, 0.29) is 61.2 Å². The number of urea groups is 1. The molecule has 0 aromatic heterocycles. The Morgan fingerprint density at radius 3 is 2.15 bits per heavy atom. The fourth-order valence-electron chi connectivity index (χ4n) is 5.92. The second-order valence-electron chi connectivity index (χ2n) is 16.3. The molecule has 1 aliphatic rings. The summed E-state index contributed by atoms with van der Waals surface area (Å²) < 4.78 is 11.9. The Balaban J connectivity index is 1.84. The number of imide groups is 1. The van der Waals surface area contributed by atoms with Gasteiger partial charge in [-0.15, -0.1) is 0 Å². The van der Waals surface area contributed by atoms with Gasteiger partial charge in [-0.25, -0.2) is 4.79 Å². The minimum atomic E-state index is -1.06. The molecule has 19 heteroatoms. The van der Waals surface area contributed by atoms with Crippen LogP contribution in [0.15, 0.2) is 30.4 Å². The largest absolute Gasteiger partial charge is 0.483 e. The number of nitrogens with two attached hydrogens (primary N) is 1. The molecule has 0 radical (unpaired) electrons. The fraction of sp³-hybridized carbons (Fsp3) is 0.610. The van der Waals surface area contributed by atoms with Crippen LogP contribution in [0.3, 0.4) is 0 Å². The van der Waals surface area contributed by atoms with E-state index < -0.39 is 65.8 Å². The summed E-state index contributed by atoms with van der Waals surface area (Å²) >= 11 is 0. The highest BCUT2D eigenvalue weighted by atomic mass is 16.5. The first-order valence-corrected chi connectivity index (χ1v) is 20.1. The van der Waals surface area contributed by atoms with Gasteiger partial charge in [0.05, 0.1) is 12.2 Å². The molecule has 60 heavy (non-hydrogen) atoms. The van der Waals surface area contributed by atoms with Crippen molar-refractivity contribution in [1.29, 1.82) is 0 Å². The molecule has 9 amide bonds. The Labute approximate surface area is 351 Å². The van der Waals surface area contributed by atoms with E-state index in [4.69, 9.17) is 15.2 Å². The Kier molecular flexibility index (Phi) is 20.7. The number of aliphatic hydroxyl groups excluding tert-OH is 1. The van der Waals surface area contributed by atoms with E-state index in [1.807, 2.05) is 27.7 Å². The summed E-state index contributed by atoms with van der Waals surface area (Å²) in [6.45, 7) is 13.3. The maximum atomic E-state index is 13.4. The summed E-state index contributed by atoms with van der Waals surface area (Å²) in [5.41, 5.74) is 5.01. The van der Waals surface area contributed by atoms with E-state index in [0.717, 1.165) is 4.90 Å². The van der Waals surface area contributed by atoms with Gasteiger partial charge in [0, 0.05) is 75.6 Å². The minimum Gasteiger partial charge on any atom is -0.483 e. The first-order chi connectivity index (χ1) is 28.1. The van der Waals surface area contributed by atoms with E-state index in [9.17, 15) is 43.5 Å². The van der Waals surface area contributed by atoms with Crippen molar-refractivity contribution in [2.24, 2.45) is 17.1 Å². The van der Waals surface area contributed by atoms with Crippen LogP contribution >= 0.6 is 0 Å². The number of ether oxygens (including phenoxy) is 2. The number of hydrogen-bond acceptors (Lipinski definition) is 11. The van der Waals surface area contributed by atoms with Gasteiger partial charge >= 0.3 is 6.03 Å². The zero-order valence-corrected chi connectivity index (χ0v) is 35.9. The van der Waals surface area contributed by atoms with Gasteiger partial charge in [0.25, 0.3) is 17.7 Å². The Morgan fingerprint density at radius 2 is 1.53 bits per heavy atom. The highest BCUT2D eigenvalue weighted by molar-refractivity contribution is 6.13. The Bertz CT molecular complexity index is 1690. The van der Waals surface area contributed by atoms with E-state index >= 15 is 0 Å². The van der Waals surface area contributed by atoms with Crippen LogP contribution in [0.1, 0.15) is 92.6 Å². The highest BCUT2D eigenvalue weighted by Crippen LogP contribution is 2.25. The van der Waals surface area contributed by atoms with E-state index in [1.54, 1.807) is 13.8 Å². The molecule has 0 saturated carbocycles. The summed E-state index contributed by atoms with van der Waals surface area (Å²) in [5.74, 6) is -3.17. The van der Waals surface area contributed by atoms with Crippen LogP contribution in [0, 0.1) is 11.3 Å². The number of rotatable bonds is 27. The molecule has 2 atom stereocenters. The minimum absolute atomic E-state index is 0.0208. The molecule has 0 saturated heterocycles. The SMILES string of the molecule is CC(=O)NC(C(=O)N[C@@H](CCCNC(N)=O)C(=O)Nc1ccc(CO)c(OCC(=O)NCCCC(C)(C)OCCC(C)(C)CNC(=O)CCN2C(=O)C=CC2=O)c1)C(C)C. The number of primary amides is 1. The molecule has 0 spiro atoms. The van der Waals surface area contributed by atoms with Gasteiger partial charge in [-0.05, 0) is 63.4 Å². The Hall–Kier alpha value is -5.56. The van der Waals surface area contributed by atoms with Crippen LogP contribution in [0.4, 0.5) is 10.5 Å². The predicted octanol–water partition coefficient (Wildman–Crippen LogP) is 1.13. The number of aliphatic hydroxyl groups is 1. The highest BCUT2D eigenvalue weighted by Gasteiger charge is 2.29. The van der Waals surface area contributed by atoms with Crippen molar-refractivity contribution in [3.63, 3.8) is 0 Å². The number of carbonyl (C=O) groups is 8. The van der Waals surface area contributed by atoms with Crippen molar-refractivity contribution in [2.75, 3.05) is 44.7 Å². The van der Waals surface area contributed by atoms with Crippen molar-refractivity contribution in [1.82, 2.24) is 31.5 Å². The molecule has 334 valence electrons. The molecular formula is C41H64N8O11. The van der Waals surface area contributed by atoms with Crippen molar-refractivity contribution in [3.05, 3.63) is 35.9 Å². The number of hydrogen-bond donors (Lipinski definition) is 8. The zero-order valence-electron chi connectivity index (χ0n) is 35.9. The normalized spacial score (nSPS) is 13.7. The Morgan fingerprint density at radius 1 is 0.867 bits per heavy atom. The number of anilines is 1. The van der Waals surface area contributed by atoms with Gasteiger partial charge in [-0.3, -0.25) is 38.5 Å². The molecule has 19 nitrogen and oxygen atoms in total. The lowest BCUT2D eigenvalue weighted by atomic mass is 9.89.